The molecule has 0 unspecified atom stereocenters. The van der Waals surface area contributed by atoms with Gasteiger partial charge in [-0.25, -0.2) is 0 Å². The van der Waals surface area contributed by atoms with Gasteiger partial charge in [-0.05, 0) is 61.4 Å². The zero-order valence-electron chi connectivity index (χ0n) is 23.0. The molecule has 39 heavy (non-hydrogen) atoms. The van der Waals surface area contributed by atoms with Gasteiger partial charge in [0.25, 0.3) is 5.91 Å². The fourth-order valence-electron chi connectivity index (χ4n) is 4.49. The predicted molar refractivity (Wildman–Crippen MR) is 154 cm³/mol. The highest BCUT2D eigenvalue weighted by Gasteiger charge is 2.35. The average molecular weight is 526 g/mol. The molecule has 0 bridgehead atoms. The van der Waals surface area contributed by atoms with Crippen molar-refractivity contribution in [3.05, 3.63) is 102 Å². The van der Waals surface area contributed by atoms with E-state index in [0.29, 0.717) is 17.2 Å². The van der Waals surface area contributed by atoms with Crippen molar-refractivity contribution in [1.82, 2.24) is 10.6 Å². The molecule has 1 aromatic heterocycles. The molecular weight excluding hydrogens is 490 g/mol. The third kappa shape index (κ3) is 6.55. The van der Waals surface area contributed by atoms with E-state index < -0.39 is 23.4 Å². The number of fused-ring (bicyclic) bond motifs is 1. The van der Waals surface area contributed by atoms with E-state index in [1.807, 2.05) is 87.5 Å². The van der Waals surface area contributed by atoms with Crippen molar-refractivity contribution in [2.75, 3.05) is 11.4 Å². The lowest BCUT2D eigenvalue weighted by Crippen LogP contribution is -2.51. The number of carbonyl (C=O) groups is 3. The number of nitrogens with one attached hydrogen (secondary N) is 2. The van der Waals surface area contributed by atoms with Crippen LogP contribution in [-0.4, -0.2) is 29.8 Å². The number of furan rings is 1. The smallest absolute Gasteiger partial charge is 0.287 e. The van der Waals surface area contributed by atoms with Gasteiger partial charge < -0.3 is 15.1 Å². The number of nitrogens with zero attached hydrogens (tertiary/aromatic N) is 1. The van der Waals surface area contributed by atoms with E-state index >= 15 is 0 Å². The van der Waals surface area contributed by atoms with Gasteiger partial charge in [-0.3, -0.25) is 19.3 Å². The summed E-state index contributed by atoms with van der Waals surface area (Å²) in [5, 5.41) is 7.45. The molecule has 7 heteroatoms. The maximum absolute atomic E-state index is 14.0. The minimum Gasteiger partial charge on any atom is -0.459 e. The molecule has 2 N–H and O–H groups in total. The molecule has 0 fully saturated rings. The molecule has 0 saturated carbocycles. The van der Waals surface area contributed by atoms with E-state index in [-0.39, 0.29) is 18.2 Å². The molecule has 202 valence electrons. The molecule has 1 heterocycles. The van der Waals surface area contributed by atoms with Crippen LogP contribution in [0.25, 0.3) is 10.8 Å². The summed E-state index contributed by atoms with van der Waals surface area (Å²) in [6, 6.07) is 23.3. The van der Waals surface area contributed by atoms with Crippen molar-refractivity contribution in [2.45, 2.75) is 52.1 Å². The van der Waals surface area contributed by atoms with Crippen molar-refractivity contribution in [2.24, 2.45) is 0 Å². The van der Waals surface area contributed by atoms with E-state index in [4.69, 9.17) is 4.42 Å². The Balaban J connectivity index is 1.83. The third-order valence-electron chi connectivity index (χ3n) is 6.36. The van der Waals surface area contributed by atoms with Crippen LogP contribution in [0.4, 0.5) is 5.69 Å². The number of hydrogen-bond acceptors (Lipinski definition) is 4. The average Bonchev–Trinajstić information content (AvgIpc) is 3.44. The van der Waals surface area contributed by atoms with Crippen LogP contribution >= 0.6 is 0 Å². The largest absolute Gasteiger partial charge is 0.459 e. The highest BCUT2D eigenvalue weighted by atomic mass is 16.3. The Morgan fingerprint density at radius 3 is 2.15 bits per heavy atom. The first kappa shape index (κ1) is 27.6. The molecule has 7 nitrogen and oxygen atoms in total. The molecule has 0 saturated heterocycles. The lowest BCUT2D eigenvalue weighted by molar-refractivity contribution is -0.127. The molecule has 0 spiro atoms. The fourth-order valence-corrected chi connectivity index (χ4v) is 4.49. The second-order valence-electron chi connectivity index (χ2n) is 10.9. The Morgan fingerprint density at radius 1 is 0.846 bits per heavy atom. The second-order valence-corrected chi connectivity index (χ2v) is 10.9. The predicted octanol–water partition coefficient (Wildman–Crippen LogP) is 5.98. The Hall–Kier alpha value is -4.39. The highest BCUT2D eigenvalue weighted by Crippen LogP contribution is 2.34. The lowest BCUT2D eigenvalue weighted by atomic mass is 9.96. The Morgan fingerprint density at radius 2 is 1.51 bits per heavy atom. The first-order chi connectivity index (χ1) is 18.5. The summed E-state index contributed by atoms with van der Waals surface area (Å²) in [6.45, 7) is 9.58. The second kappa shape index (κ2) is 11.6. The van der Waals surface area contributed by atoms with Gasteiger partial charge in [0.1, 0.15) is 6.04 Å². The van der Waals surface area contributed by atoms with Gasteiger partial charge in [-0.15, -0.1) is 0 Å². The van der Waals surface area contributed by atoms with Gasteiger partial charge in [-0.2, -0.15) is 0 Å². The van der Waals surface area contributed by atoms with Crippen molar-refractivity contribution >= 4 is 34.2 Å². The van der Waals surface area contributed by atoms with Crippen LogP contribution in [0.2, 0.25) is 0 Å². The van der Waals surface area contributed by atoms with Gasteiger partial charge in [0.2, 0.25) is 11.8 Å². The van der Waals surface area contributed by atoms with E-state index in [0.717, 1.165) is 16.3 Å². The van der Waals surface area contributed by atoms with Crippen molar-refractivity contribution in [1.29, 1.82) is 0 Å². The van der Waals surface area contributed by atoms with Crippen molar-refractivity contribution < 1.29 is 18.8 Å². The van der Waals surface area contributed by atoms with E-state index in [9.17, 15) is 14.4 Å². The quantitative estimate of drug-likeness (QED) is 0.296. The van der Waals surface area contributed by atoms with E-state index in [1.54, 1.807) is 6.07 Å². The van der Waals surface area contributed by atoms with Crippen LogP contribution in [-0.2, 0) is 9.59 Å². The summed E-state index contributed by atoms with van der Waals surface area (Å²) in [6.07, 6.45) is 1.40. The summed E-state index contributed by atoms with van der Waals surface area (Å²) in [4.78, 5) is 42.1. The first-order valence-corrected chi connectivity index (χ1v) is 13.1. The third-order valence-corrected chi connectivity index (χ3v) is 6.36. The summed E-state index contributed by atoms with van der Waals surface area (Å²) in [5.41, 5.74) is 1.84. The molecule has 3 aromatic carbocycles. The molecule has 4 aromatic rings. The number of hydrogen-bond donors (Lipinski definition) is 2. The molecule has 0 aliphatic carbocycles. The number of rotatable bonds is 8. The Kier molecular flexibility index (Phi) is 8.19. The number of amides is 3. The Bertz CT molecular complexity index is 1450. The topological polar surface area (TPSA) is 91.7 Å². The first-order valence-electron chi connectivity index (χ1n) is 13.1. The highest BCUT2D eigenvalue weighted by molar-refractivity contribution is 6.09. The lowest BCUT2D eigenvalue weighted by Gasteiger charge is -2.34. The summed E-state index contributed by atoms with van der Waals surface area (Å²) < 4.78 is 5.17. The Labute approximate surface area is 229 Å². The van der Waals surface area contributed by atoms with Gasteiger partial charge in [0.05, 0.1) is 18.5 Å². The van der Waals surface area contributed by atoms with Gasteiger partial charge >= 0.3 is 0 Å². The fraction of sp³-hybridized carbons (Fsp3) is 0.281. The van der Waals surface area contributed by atoms with Crippen LogP contribution in [0.5, 0.6) is 0 Å². The van der Waals surface area contributed by atoms with E-state index in [1.165, 1.54) is 17.2 Å². The summed E-state index contributed by atoms with van der Waals surface area (Å²) >= 11 is 0. The monoisotopic (exact) mass is 525 g/mol. The van der Waals surface area contributed by atoms with Crippen LogP contribution in [0, 0.1) is 0 Å². The molecule has 4 rings (SSSR count). The van der Waals surface area contributed by atoms with Crippen molar-refractivity contribution in [3.8, 4) is 0 Å². The SMILES string of the molecule is CC(C)c1ccc([C@@H](C(=O)NC(C)(C)C)N(C(=O)CNC(=O)c2ccco2)c2cccc3ccccc23)cc1. The normalized spacial score (nSPS) is 12.3. The van der Waals surface area contributed by atoms with Crippen molar-refractivity contribution in [3.63, 3.8) is 0 Å². The molecular formula is C32H35N3O4. The van der Waals surface area contributed by atoms with Crippen LogP contribution in [0.3, 0.4) is 0 Å². The van der Waals surface area contributed by atoms with Gasteiger partial charge in [0, 0.05) is 10.9 Å². The van der Waals surface area contributed by atoms with Gasteiger partial charge in [0.15, 0.2) is 5.76 Å². The van der Waals surface area contributed by atoms with E-state index in [2.05, 4.69) is 24.5 Å². The zero-order valence-corrected chi connectivity index (χ0v) is 23.0. The minimum absolute atomic E-state index is 0.103. The molecule has 0 aliphatic rings. The number of benzene rings is 3. The molecule has 1 atom stereocenters. The maximum atomic E-state index is 14.0. The molecule has 0 radical (unpaired) electrons. The van der Waals surface area contributed by atoms with Crippen LogP contribution < -0.4 is 15.5 Å². The summed E-state index contributed by atoms with van der Waals surface area (Å²) in [7, 11) is 0. The van der Waals surface area contributed by atoms with Gasteiger partial charge in [-0.1, -0.05) is 74.5 Å². The molecule has 3 amide bonds. The number of carbonyl (C=O) groups excluding carboxylic acids is 3. The minimum atomic E-state index is -0.982. The maximum Gasteiger partial charge on any atom is 0.287 e. The number of anilines is 1. The standard InChI is InChI=1S/C32H35N3O4/c1-21(2)22-15-17-24(18-16-22)29(31(38)34-32(3,4)5)35(26-13-8-11-23-10-6-7-12-25(23)26)28(36)20-33-30(37)27-14-9-19-39-27/h6-19,21,29H,20H2,1-5H3,(H,33,37)(H,34,38)/t29-/m0/s1. The van der Waals surface area contributed by atoms with Crippen LogP contribution in [0.1, 0.15) is 68.3 Å². The van der Waals surface area contributed by atoms with Crippen LogP contribution in [0.15, 0.2) is 89.5 Å². The zero-order chi connectivity index (χ0) is 28.2. The summed E-state index contributed by atoms with van der Waals surface area (Å²) in [5.74, 6) is -0.853. The molecule has 0 aliphatic heterocycles.